The molecular weight excluding hydrogens is 292 g/mol. The molecule has 0 atom stereocenters. The Hall–Kier alpha value is -2.46. The molecule has 0 radical (unpaired) electrons. The first-order chi connectivity index (χ1) is 10.3. The Labute approximate surface area is 123 Å². The average Bonchev–Trinajstić information content (AvgIpc) is 2.91. The molecule has 0 spiro atoms. The van der Waals surface area contributed by atoms with E-state index in [0.29, 0.717) is 16.9 Å². The number of rotatable bonds is 5. The van der Waals surface area contributed by atoms with Crippen LogP contribution in [-0.4, -0.2) is 36.2 Å². The van der Waals surface area contributed by atoms with Crippen LogP contribution in [0.25, 0.3) is 5.65 Å². The van der Waals surface area contributed by atoms with Crippen molar-refractivity contribution >= 4 is 23.4 Å². The lowest BCUT2D eigenvalue weighted by atomic mass is 10.5. The highest BCUT2D eigenvalue weighted by atomic mass is 32.2. The third-order valence-corrected chi connectivity index (χ3v) is 3.29. The van der Waals surface area contributed by atoms with Crippen LogP contribution in [0.1, 0.15) is 6.92 Å². The van der Waals surface area contributed by atoms with Crippen molar-refractivity contribution in [2.45, 2.75) is 17.2 Å². The van der Waals surface area contributed by atoms with E-state index in [9.17, 15) is 0 Å². The standard InChI is InChI=1S/C11H12N8OS/c1-2-20-9-13-8(16-12)14-10(15-9)21-11-18-17-7-5-3-4-6-19(7)11/h3-6H,2,12H2,1H3,(H,13,14,15,16). The maximum absolute atomic E-state index is 5.35. The van der Waals surface area contributed by atoms with Crippen LogP contribution in [0.4, 0.5) is 5.95 Å². The molecule has 3 aromatic heterocycles. The minimum absolute atomic E-state index is 0.205. The summed E-state index contributed by atoms with van der Waals surface area (Å²) < 4.78 is 7.12. The van der Waals surface area contributed by atoms with Crippen molar-refractivity contribution < 1.29 is 4.74 Å². The average molecular weight is 304 g/mol. The summed E-state index contributed by atoms with van der Waals surface area (Å²) in [5, 5.41) is 9.23. The van der Waals surface area contributed by atoms with Crippen LogP contribution < -0.4 is 16.0 Å². The van der Waals surface area contributed by atoms with Crippen molar-refractivity contribution in [1.29, 1.82) is 0 Å². The van der Waals surface area contributed by atoms with Gasteiger partial charge in [-0.1, -0.05) is 6.07 Å². The zero-order valence-electron chi connectivity index (χ0n) is 11.1. The van der Waals surface area contributed by atoms with Gasteiger partial charge in [-0.05, 0) is 30.8 Å². The van der Waals surface area contributed by atoms with E-state index < -0.39 is 0 Å². The number of nitrogens with two attached hydrogens (primary N) is 1. The molecule has 3 rings (SSSR count). The zero-order valence-corrected chi connectivity index (χ0v) is 11.9. The molecule has 0 fully saturated rings. The summed E-state index contributed by atoms with van der Waals surface area (Å²) in [5.41, 5.74) is 3.13. The van der Waals surface area contributed by atoms with Gasteiger partial charge in [0.1, 0.15) is 0 Å². The summed E-state index contributed by atoms with van der Waals surface area (Å²) in [4.78, 5) is 12.4. The normalized spacial score (nSPS) is 10.8. The van der Waals surface area contributed by atoms with Crippen LogP contribution in [0.5, 0.6) is 6.01 Å². The number of fused-ring (bicyclic) bond motifs is 1. The molecule has 10 heteroatoms. The second kappa shape index (κ2) is 5.89. The second-order valence-corrected chi connectivity index (χ2v) is 4.75. The Balaban J connectivity index is 1.95. The first-order valence-corrected chi connectivity index (χ1v) is 6.95. The topological polar surface area (TPSA) is 116 Å². The smallest absolute Gasteiger partial charge is 0.322 e. The third-order valence-electron chi connectivity index (χ3n) is 2.46. The van der Waals surface area contributed by atoms with Gasteiger partial charge in [-0.2, -0.15) is 15.0 Å². The molecule has 21 heavy (non-hydrogen) atoms. The van der Waals surface area contributed by atoms with Gasteiger partial charge in [0.2, 0.25) is 16.3 Å². The fraction of sp³-hybridized carbons (Fsp3) is 0.182. The van der Waals surface area contributed by atoms with E-state index in [0.717, 1.165) is 5.65 Å². The second-order valence-electron chi connectivity index (χ2n) is 3.81. The summed E-state index contributed by atoms with van der Waals surface area (Å²) in [5.74, 6) is 5.57. The largest absolute Gasteiger partial charge is 0.464 e. The number of nitrogens with one attached hydrogen (secondary N) is 1. The van der Waals surface area contributed by atoms with Crippen molar-refractivity contribution in [2.75, 3.05) is 12.0 Å². The Morgan fingerprint density at radius 3 is 3.00 bits per heavy atom. The van der Waals surface area contributed by atoms with Gasteiger partial charge in [0.15, 0.2) is 5.65 Å². The summed E-state index contributed by atoms with van der Waals surface area (Å²) in [6.45, 7) is 2.30. The molecule has 0 saturated carbocycles. The first kappa shape index (κ1) is 13.5. The highest BCUT2D eigenvalue weighted by Gasteiger charge is 2.12. The molecule has 0 amide bonds. The molecule has 3 aromatic rings. The van der Waals surface area contributed by atoms with Crippen molar-refractivity contribution in [3.8, 4) is 6.01 Å². The molecule has 0 aliphatic carbocycles. The quantitative estimate of drug-likeness (QED) is 0.520. The van der Waals surface area contributed by atoms with Gasteiger partial charge in [-0.3, -0.25) is 9.83 Å². The van der Waals surface area contributed by atoms with Gasteiger partial charge in [0, 0.05) is 6.20 Å². The molecular formula is C11H12N8OS. The number of anilines is 1. The van der Waals surface area contributed by atoms with E-state index in [1.54, 1.807) is 0 Å². The fourth-order valence-electron chi connectivity index (χ4n) is 1.61. The number of hydrogen-bond donors (Lipinski definition) is 2. The molecule has 0 bridgehead atoms. The van der Waals surface area contributed by atoms with Gasteiger partial charge in [-0.15, -0.1) is 10.2 Å². The van der Waals surface area contributed by atoms with Crippen LogP contribution in [0, 0.1) is 0 Å². The van der Waals surface area contributed by atoms with Gasteiger partial charge in [0.25, 0.3) is 0 Å². The molecule has 0 saturated heterocycles. The Bertz CT molecular complexity index is 761. The molecule has 0 aromatic carbocycles. The van der Waals surface area contributed by atoms with Crippen LogP contribution in [0.2, 0.25) is 0 Å². The third kappa shape index (κ3) is 2.85. The molecule has 108 valence electrons. The Kier molecular flexibility index (Phi) is 3.79. The first-order valence-electron chi connectivity index (χ1n) is 6.13. The Morgan fingerprint density at radius 2 is 2.19 bits per heavy atom. The molecule has 9 nitrogen and oxygen atoms in total. The SMILES string of the molecule is CCOc1nc(NN)nc(Sc2nnc3ccccn23)n1. The minimum Gasteiger partial charge on any atom is -0.464 e. The lowest BCUT2D eigenvalue weighted by Gasteiger charge is -2.05. The van der Waals surface area contributed by atoms with Gasteiger partial charge in [0.05, 0.1) is 6.61 Å². The highest BCUT2D eigenvalue weighted by Crippen LogP contribution is 2.25. The summed E-state index contributed by atoms with van der Waals surface area (Å²) in [7, 11) is 0. The van der Waals surface area contributed by atoms with E-state index in [1.165, 1.54) is 11.8 Å². The van der Waals surface area contributed by atoms with Gasteiger partial charge in [-0.25, -0.2) is 5.84 Å². The van der Waals surface area contributed by atoms with Gasteiger partial charge >= 0.3 is 6.01 Å². The number of hydrazine groups is 1. The van der Waals surface area contributed by atoms with Crippen LogP contribution in [0.3, 0.4) is 0 Å². The fourth-order valence-corrected chi connectivity index (χ4v) is 2.37. The predicted octanol–water partition coefficient (Wildman–Crippen LogP) is 0.750. The lowest BCUT2D eigenvalue weighted by Crippen LogP contribution is -2.12. The van der Waals surface area contributed by atoms with E-state index in [1.807, 2.05) is 35.7 Å². The summed E-state index contributed by atoms with van der Waals surface area (Å²) in [6, 6.07) is 5.86. The zero-order chi connectivity index (χ0) is 14.7. The number of pyridine rings is 1. The van der Waals surface area contributed by atoms with E-state index in [4.69, 9.17) is 10.6 Å². The monoisotopic (exact) mass is 304 g/mol. The maximum atomic E-state index is 5.35. The van der Waals surface area contributed by atoms with Crippen LogP contribution >= 0.6 is 11.8 Å². The molecule has 0 unspecified atom stereocenters. The van der Waals surface area contributed by atoms with Crippen molar-refractivity contribution in [3.05, 3.63) is 24.4 Å². The van der Waals surface area contributed by atoms with Crippen molar-refractivity contribution in [3.63, 3.8) is 0 Å². The molecule has 3 heterocycles. The molecule has 3 N–H and O–H groups in total. The number of nitrogens with zero attached hydrogens (tertiary/aromatic N) is 6. The maximum Gasteiger partial charge on any atom is 0.322 e. The predicted molar refractivity (Wildman–Crippen MR) is 75.9 cm³/mol. The number of aromatic nitrogens is 6. The summed E-state index contributed by atoms with van der Waals surface area (Å²) >= 11 is 1.24. The highest BCUT2D eigenvalue weighted by molar-refractivity contribution is 7.99. The van der Waals surface area contributed by atoms with E-state index >= 15 is 0 Å². The number of nitrogen functional groups attached to an aromatic ring is 1. The number of ether oxygens (including phenoxy) is 1. The van der Waals surface area contributed by atoms with Crippen LogP contribution in [-0.2, 0) is 0 Å². The van der Waals surface area contributed by atoms with Crippen LogP contribution in [0.15, 0.2) is 34.7 Å². The minimum atomic E-state index is 0.205. The van der Waals surface area contributed by atoms with E-state index in [-0.39, 0.29) is 12.0 Å². The van der Waals surface area contributed by atoms with Crippen molar-refractivity contribution in [2.24, 2.45) is 5.84 Å². The molecule has 0 aliphatic rings. The molecule has 0 aliphatic heterocycles. The number of hydrogen-bond acceptors (Lipinski definition) is 9. The lowest BCUT2D eigenvalue weighted by molar-refractivity contribution is 0.308. The van der Waals surface area contributed by atoms with E-state index in [2.05, 4.69) is 30.6 Å². The Morgan fingerprint density at radius 1 is 1.29 bits per heavy atom. The van der Waals surface area contributed by atoms with Gasteiger partial charge < -0.3 is 4.74 Å². The van der Waals surface area contributed by atoms with Crippen molar-refractivity contribution in [1.82, 2.24) is 29.5 Å². The summed E-state index contributed by atoms with van der Waals surface area (Å²) in [6.07, 6.45) is 1.87.